The smallest absolute Gasteiger partial charge is 0.0590 e. The summed E-state index contributed by atoms with van der Waals surface area (Å²) in [5.74, 6) is 0.950. The predicted octanol–water partition coefficient (Wildman–Crippen LogP) is 2.19. The van der Waals surface area contributed by atoms with E-state index in [9.17, 15) is 0 Å². The Hall–Kier alpha value is -0.0800. The molecule has 1 aliphatic rings. The third kappa shape index (κ3) is 5.27. The van der Waals surface area contributed by atoms with Crippen LogP contribution in [-0.2, 0) is 4.74 Å². The Morgan fingerprint density at radius 2 is 2.00 bits per heavy atom. The lowest BCUT2D eigenvalue weighted by Crippen LogP contribution is -2.25. The molecule has 0 saturated heterocycles. The van der Waals surface area contributed by atoms with Crippen LogP contribution in [0.15, 0.2) is 0 Å². The molecule has 0 aromatic carbocycles. The van der Waals surface area contributed by atoms with Crippen molar-refractivity contribution in [1.29, 1.82) is 0 Å². The highest BCUT2D eigenvalue weighted by molar-refractivity contribution is 4.69. The van der Waals surface area contributed by atoms with Crippen molar-refractivity contribution in [1.82, 2.24) is 5.32 Å². The molecule has 0 aromatic rings. The van der Waals surface area contributed by atoms with Crippen molar-refractivity contribution in [3.8, 4) is 0 Å². The van der Waals surface area contributed by atoms with Crippen LogP contribution in [0.1, 0.15) is 39.0 Å². The van der Waals surface area contributed by atoms with Crippen molar-refractivity contribution in [2.75, 3.05) is 26.3 Å². The molecule has 0 aliphatic heterocycles. The first-order valence-electron chi connectivity index (χ1n) is 5.72. The minimum atomic E-state index is 0.876. The minimum Gasteiger partial charge on any atom is -0.380 e. The summed E-state index contributed by atoms with van der Waals surface area (Å²) in [7, 11) is 0. The van der Waals surface area contributed by atoms with Crippen LogP contribution in [-0.4, -0.2) is 26.3 Å². The van der Waals surface area contributed by atoms with E-state index in [-0.39, 0.29) is 0 Å². The van der Waals surface area contributed by atoms with Gasteiger partial charge in [0.1, 0.15) is 0 Å². The Labute approximate surface area is 82.0 Å². The van der Waals surface area contributed by atoms with E-state index >= 15 is 0 Å². The molecule has 0 radical (unpaired) electrons. The number of ether oxygens (including phenoxy) is 1. The summed E-state index contributed by atoms with van der Waals surface area (Å²) in [6.45, 7) is 6.16. The number of hydrogen-bond donors (Lipinski definition) is 1. The monoisotopic (exact) mass is 185 g/mol. The van der Waals surface area contributed by atoms with Gasteiger partial charge in [-0.2, -0.15) is 0 Å². The molecule has 0 spiro atoms. The van der Waals surface area contributed by atoms with Crippen LogP contribution in [0.4, 0.5) is 0 Å². The van der Waals surface area contributed by atoms with Gasteiger partial charge in [-0.05, 0) is 31.7 Å². The molecule has 1 saturated carbocycles. The highest BCUT2D eigenvalue weighted by Gasteiger charge is 2.13. The van der Waals surface area contributed by atoms with Gasteiger partial charge in [0, 0.05) is 13.2 Å². The molecule has 0 heterocycles. The van der Waals surface area contributed by atoms with Crippen molar-refractivity contribution in [3.05, 3.63) is 0 Å². The van der Waals surface area contributed by atoms with Gasteiger partial charge in [0.15, 0.2) is 0 Å². The molecule has 1 N–H and O–H groups in total. The normalized spacial score (nSPS) is 18.2. The van der Waals surface area contributed by atoms with Crippen LogP contribution in [0.2, 0.25) is 0 Å². The van der Waals surface area contributed by atoms with Crippen molar-refractivity contribution >= 4 is 0 Å². The Balaban J connectivity index is 1.78. The number of nitrogens with one attached hydrogen (secondary N) is 1. The molecule has 0 amide bonds. The Morgan fingerprint density at radius 3 is 2.69 bits per heavy atom. The molecular formula is C11H23NO. The first-order valence-corrected chi connectivity index (χ1v) is 5.72. The average Bonchev–Trinajstić information content (AvgIpc) is 2.63. The van der Waals surface area contributed by atoms with Gasteiger partial charge in [-0.1, -0.05) is 19.8 Å². The van der Waals surface area contributed by atoms with Crippen molar-refractivity contribution in [2.45, 2.75) is 39.0 Å². The van der Waals surface area contributed by atoms with Crippen molar-refractivity contribution in [2.24, 2.45) is 5.92 Å². The van der Waals surface area contributed by atoms with Crippen molar-refractivity contribution < 1.29 is 4.74 Å². The van der Waals surface area contributed by atoms with Gasteiger partial charge in [-0.15, -0.1) is 0 Å². The summed E-state index contributed by atoms with van der Waals surface area (Å²) in [5.41, 5.74) is 0. The van der Waals surface area contributed by atoms with Crippen LogP contribution in [0.5, 0.6) is 0 Å². The lowest BCUT2D eigenvalue weighted by Gasteiger charge is -2.10. The fraction of sp³-hybridized carbons (Fsp3) is 1.00. The van der Waals surface area contributed by atoms with E-state index in [2.05, 4.69) is 12.2 Å². The molecule has 0 atom stereocenters. The topological polar surface area (TPSA) is 21.3 Å². The van der Waals surface area contributed by atoms with Gasteiger partial charge in [-0.3, -0.25) is 0 Å². The summed E-state index contributed by atoms with van der Waals surface area (Å²) in [6.07, 6.45) is 6.88. The van der Waals surface area contributed by atoms with Crippen LogP contribution < -0.4 is 5.32 Å². The fourth-order valence-electron chi connectivity index (χ4n) is 1.91. The molecule has 0 unspecified atom stereocenters. The standard InChI is InChI=1S/C11H23NO/c1-2-8-13-9-7-12-10-11-5-3-4-6-11/h11-12H,2-10H2,1H3. The zero-order valence-corrected chi connectivity index (χ0v) is 8.85. The van der Waals surface area contributed by atoms with Crippen LogP contribution in [0.25, 0.3) is 0 Å². The Morgan fingerprint density at radius 1 is 1.23 bits per heavy atom. The highest BCUT2D eigenvalue weighted by Crippen LogP contribution is 2.23. The van der Waals surface area contributed by atoms with Gasteiger partial charge in [0.05, 0.1) is 6.61 Å². The average molecular weight is 185 g/mol. The summed E-state index contributed by atoms with van der Waals surface area (Å²) < 4.78 is 5.39. The van der Waals surface area contributed by atoms with E-state index in [4.69, 9.17) is 4.74 Å². The lowest BCUT2D eigenvalue weighted by atomic mass is 10.1. The number of rotatable bonds is 7. The SMILES string of the molecule is CCCOCCNCC1CCCC1. The Kier molecular flexibility index (Phi) is 6.21. The highest BCUT2D eigenvalue weighted by atomic mass is 16.5. The third-order valence-electron chi connectivity index (χ3n) is 2.68. The maximum Gasteiger partial charge on any atom is 0.0590 e. The second-order valence-corrected chi connectivity index (χ2v) is 3.97. The van der Waals surface area contributed by atoms with Crippen LogP contribution in [0.3, 0.4) is 0 Å². The summed E-state index contributed by atoms with van der Waals surface area (Å²) in [5, 5.41) is 3.46. The van der Waals surface area contributed by atoms with Gasteiger partial charge < -0.3 is 10.1 Å². The molecule has 2 nitrogen and oxygen atoms in total. The third-order valence-corrected chi connectivity index (χ3v) is 2.68. The summed E-state index contributed by atoms with van der Waals surface area (Å²) in [4.78, 5) is 0. The summed E-state index contributed by atoms with van der Waals surface area (Å²) in [6, 6.07) is 0. The molecule has 13 heavy (non-hydrogen) atoms. The van der Waals surface area contributed by atoms with E-state index in [0.29, 0.717) is 0 Å². The zero-order valence-electron chi connectivity index (χ0n) is 8.85. The molecule has 1 rings (SSSR count). The second-order valence-electron chi connectivity index (χ2n) is 3.97. The quantitative estimate of drug-likeness (QED) is 0.614. The van der Waals surface area contributed by atoms with E-state index < -0.39 is 0 Å². The van der Waals surface area contributed by atoms with Gasteiger partial charge in [-0.25, -0.2) is 0 Å². The maximum absolute atomic E-state index is 5.39. The predicted molar refractivity (Wildman–Crippen MR) is 55.9 cm³/mol. The Bertz CT molecular complexity index is 111. The van der Waals surface area contributed by atoms with E-state index in [1.165, 1.54) is 32.2 Å². The van der Waals surface area contributed by atoms with Gasteiger partial charge in [0.2, 0.25) is 0 Å². The van der Waals surface area contributed by atoms with Gasteiger partial charge in [0.25, 0.3) is 0 Å². The summed E-state index contributed by atoms with van der Waals surface area (Å²) >= 11 is 0. The maximum atomic E-state index is 5.39. The molecule has 1 aliphatic carbocycles. The molecule has 1 fully saturated rings. The largest absolute Gasteiger partial charge is 0.380 e. The molecular weight excluding hydrogens is 162 g/mol. The van der Waals surface area contributed by atoms with E-state index in [1.54, 1.807) is 0 Å². The van der Waals surface area contributed by atoms with Crippen LogP contribution in [0, 0.1) is 5.92 Å². The van der Waals surface area contributed by atoms with E-state index in [0.717, 1.165) is 32.1 Å². The fourth-order valence-corrected chi connectivity index (χ4v) is 1.91. The first kappa shape index (κ1) is 11.0. The lowest BCUT2D eigenvalue weighted by molar-refractivity contribution is 0.136. The van der Waals surface area contributed by atoms with E-state index in [1.807, 2.05) is 0 Å². The molecule has 0 aromatic heterocycles. The molecule has 2 heteroatoms. The van der Waals surface area contributed by atoms with Crippen molar-refractivity contribution in [3.63, 3.8) is 0 Å². The molecule has 78 valence electrons. The second kappa shape index (κ2) is 7.34. The van der Waals surface area contributed by atoms with Crippen LogP contribution >= 0.6 is 0 Å². The zero-order chi connectivity index (χ0) is 9.36. The number of hydrogen-bond acceptors (Lipinski definition) is 2. The minimum absolute atomic E-state index is 0.876. The van der Waals surface area contributed by atoms with Gasteiger partial charge >= 0.3 is 0 Å². The molecule has 0 bridgehead atoms. The first-order chi connectivity index (χ1) is 6.43.